The van der Waals surface area contributed by atoms with Gasteiger partial charge in [0.1, 0.15) is 29.3 Å². The van der Waals surface area contributed by atoms with E-state index in [1.54, 1.807) is 41.5 Å². The Morgan fingerprint density at radius 3 is 2.13 bits per heavy atom. The third-order valence-electron chi connectivity index (χ3n) is 10.1. The van der Waals surface area contributed by atoms with Gasteiger partial charge in [0.05, 0.1) is 11.8 Å². The third kappa shape index (κ3) is 7.74. The average molecular weight is 748 g/mol. The molecule has 5 amide bonds. The molecule has 1 aromatic rings. The Morgan fingerprint density at radius 1 is 1.00 bits per heavy atom. The Balaban J connectivity index is 1.22. The van der Waals surface area contributed by atoms with Gasteiger partial charge >= 0.3 is 12.2 Å². The van der Waals surface area contributed by atoms with Gasteiger partial charge in [0.25, 0.3) is 5.91 Å². The molecule has 1 aromatic carbocycles. The normalized spacial score (nSPS) is 25.6. The van der Waals surface area contributed by atoms with Gasteiger partial charge < -0.3 is 34.5 Å². The van der Waals surface area contributed by atoms with Crippen LogP contribution in [0.3, 0.4) is 0 Å². The van der Waals surface area contributed by atoms with Crippen molar-refractivity contribution in [2.45, 2.75) is 128 Å². The first kappa shape index (κ1) is 37.5. The van der Waals surface area contributed by atoms with Crippen LogP contribution >= 0.6 is 0 Å². The smallest absolute Gasteiger partial charge is 0.410 e. The van der Waals surface area contributed by atoms with E-state index in [1.807, 2.05) is 19.1 Å². The van der Waals surface area contributed by atoms with E-state index in [2.05, 4.69) is 15.4 Å². The number of nitrogens with one attached hydrogen (secondary N) is 3. The number of sulfonamides is 1. The second-order valence-electron chi connectivity index (χ2n) is 16.5. The number of alkyl carbamates (subject to hydrolysis) is 1. The fourth-order valence-corrected chi connectivity index (χ4v) is 8.41. The van der Waals surface area contributed by atoms with Gasteiger partial charge in [-0.15, -0.1) is 0 Å². The van der Waals surface area contributed by atoms with Gasteiger partial charge in [-0.2, -0.15) is 0 Å². The lowest BCUT2D eigenvalue weighted by molar-refractivity contribution is -0.143. The molecule has 5 aliphatic rings. The van der Waals surface area contributed by atoms with Crippen molar-refractivity contribution in [3.8, 4) is 11.5 Å². The highest BCUT2D eigenvalue weighted by molar-refractivity contribution is 7.91. The molecular formula is C35H49N5O11S. The molecule has 1 saturated heterocycles. The summed E-state index contributed by atoms with van der Waals surface area (Å²) < 4.78 is 49.8. The highest BCUT2D eigenvalue weighted by Crippen LogP contribution is 2.47. The van der Waals surface area contributed by atoms with Crippen LogP contribution in [0.25, 0.3) is 0 Å². The number of carbonyl (C=O) groups is 5. The molecule has 3 fully saturated rings. The Morgan fingerprint density at radius 2 is 1.62 bits per heavy atom. The van der Waals surface area contributed by atoms with Crippen LogP contribution in [-0.2, 0) is 47.0 Å². The molecule has 0 unspecified atom stereocenters. The molecule has 16 nitrogen and oxygen atoms in total. The zero-order valence-electron chi connectivity index (χ0n) is 30.7. The molecule has 2 aliphatic carbocycles. The number of amides is 5. The number of hydrogen-bond acceptors (Lipinski definition) is 11. The molecule has 0 bridgehead atoms. The summed E-state index contributed by atoms with van der Waals surface area (Å²) in [4.78, 5) is 71.2. The first-order valence-corrected chi connectivity index (χ1v) is 19.3. The molecular weight excluding hydrogens is 698 g/mol. The molecule has 0 aromatic heterocycles. The largest absolute Gasteiger partial charge is 0.454 e. The summed E-state index contributed by atoms with van der Waals surface area (Å²) in [5.41, 5.74) is -1.41. The maximum atomic E-state index is 14.4. The monoisotopic (exact) mass is 747 g/mol. The lowest BCUT2D eigenvalue weighted by Crippen LogP contribution is -2.60. The van der Waals surface area contributed by atoms with E-state index >= 15 is 0 Å². The molecule has 3 heterocycles. The van der Waals surface area contributed by atoms with Crippen LogP contribution < -0.4 is 24.8 Å². The van der Waals surface area contributed by atoms with Crippen LogP contribution in [0, 0.1) is 11.3 Å². The standard InChI is InChI=1S/C35H49N5O11S/c1-8-21-14-35(21,30(43)38-52(46,47)23-9-10-23)37-28(41)24-13-22(17-40(24)29(42)27(33(2,3)4)36-31(44)51-34(5,6)7)50-32(45)39-15-19-11-25-26(49-18-48-25)12-20(19)16-39/h11-12,21-24,27H,8-10,13-18H2,1-7H3,(H,36,44)(H,37,41)(H,38,43)/t21-,22+,24-,27+,35-/m0/s1. The van der Waals surface area contributed by atoms with Crippen LogP contribution in [0.1, 0.15) is 91.7 Å². The van der Waals surface area contributed by atoms with Gasteiger partial charge in [-0.1, -0.05) is 34.1 Å². The lowest BCUT2D eigenvalue weighted by Gasteiger charge is -2.36. The molecule has 6 rings (SSSR count). The number of benzene rings is 1. The first-order chi connectivity index (χ1) is 24.2. The van der Waals surface area contributed by atoms with E-state index in [1.165, 1.54) is 9.80 Å². The molecule has 5 atom stereocenters. The first-order valence-electron chi connectivity index (χ1n) is 17.8. The minimum absolute atomic E-state index is 0.0990. The number of hydrogen-bond donors (Lipinski definition) is 3. The number of likely N-dealkylation sites (tertiary alicyclic amines) is 1. The fraction of sp³-hybridized carbons (Fsp3) is 0.686. The van der Waals surface area contributed by atoms with Crippen molar-refractivity contribution in [2.24, 2.45) is 11.3 Å². The Kier molecular flexibility index (Phi) is 9.58. The number of fused-ring (bicyclic) bond motifs is 2. The van der Waals surface area contributed by atoms with Crippen molar-refractivity contribution in [1.29, 1.82) is 0 Å². The number of carbonyl (C=O) groups excluding carboxylic acids is 5. The SMILES string of the molecule is CC[C@H]1C[C@@]1(NC(=O)[C@@H]1C[C@@H](OC(=O)N2Cc3cc4c(cc3C2)OCO4)CN1C(=O)[C@@H](NC(=O)OC(C)(C)C)C(C)(C)C)C(=O)NS(=O)(=O)C1CC1. The predicted molar refractivity (Wildman–Crippen MR) is 184 cm³/mol. The van der Waals surface area contributed by atoms with Crippen LogP contribution in [0.5, 0.6) is 11.5 Å². The molecule has 3 aliphatic heterocycles. The molecule has 17 heteroatoms. The highest BCUT2D eigenvalue weighted by Gasteiger charge is 2.62. The van der Waals surface area contributed by atoms with Crippen LogP contribution in [0.4, 0.5) is 9.59 Å². The molecule has 286 valence electrons. The zero-order valence-corrected chi connectivity index (χ0v) is 31.5. The van der Waals surface area contributed by atoms with Crippen molar-refractivity contribution in [2.75, 3.05) is 13.3 Å². The zero-order chi connectivity index (χ0) is 38.0. The van der Waals surface area contributed by atoms with E-state index in [9.17, 15) is 32.4 Å². The average Bonchev–Trinajstić information content (AvgIpc) is 3.86. The second-order valence-corrected chi connectivity index (χ2v) is 18.4. The van der Waals surface area contributed by atoms with Gasteiger partial charge in [-0.3, -0.25) is 24.0 Å². The summed E-state index contributed by atoms with van der Waals surface area (Å²) in [5, 5.41) is 4.82. The lowest BCUT2D eigenvalue weighted by atomic mass is 9.85. The summed E-state index contributed by atoms with van der Waals surface area (Å²) in [6.45, 7) is 12.6. The van der Waals surface area contributed by atoms with Gasteiger partial charge in [-0.05, 0) is 74.6 Å². The molecule has 3 N–H and O–H groups in total. The van der Waals surface area contributed by atoms with Gasteiger partial charge in [0, 0.05) is 19.5 Å². The summed E-state index contributed by atoms with van der Waals surface area (Å²) in [5.74, 6) is -1.26. The molecule has 52 heavy (non-hydrogen) atoms. The van der Waals surface area contributed by atoms with E-state index < -0.39 is 79.9 Å². The summed E-state index contributed by atoms with van der Waals surface area (Å²) in [6, 6.07) is 1.28. The highest BCUT2D eigenvalue weighted by atomic mass is 32.2. The number of rotatable bonds is 9. The Labute approximate surface area is 303 Å². The third-order valence-corrected chi connectivity index (χ3v) is 11.9. The minimum atomic E-state index is -3.89. The summed E-state index contributed by atoms with van der Waals surface area (Å²) in [6.07, 6.45) is -0.857. The van der Waals surface area contributed by atoms with E-state index in [4.69, 9.17) is 18.9 Å². The summed E-state index contributed by atoms with van der Waals surface area (Å²) >= 11 is 0. The molecule has 0 spiro atoms. The summed E-state index contributed by atoms with van der Waals surface area (Å²) in [7, 11) is -3.89. The van der Waals surface area contributed by atoms with Crippen molar-refractivity contribution in [3.63, 3.8) is 0 Å². The van der Waals surface area contributed by atoms with Crippen LogP contribution in [0.15, 0.2) is 12.1 Å². The number of ether oxygens (including phenoxy) is 4. The van der Waals surface area contributed by atoms with E-state index in [0.29, 0.717) is 30.8 Å². The molecule has 0 radical (unpaired) electrons. The Bertz CT molecular complexity index is 1730. The fourth-order valence-electron chi connectivity index (χ4n) is 7.04. The Hall–Kier alpha value is -4.28. The van der Waals surface area contributed by atoms with Crippen LogP contribution in [0.2, 0.25) is 0 Å². The maximum Gasteiger partial charge on any atom is 0.410 e. The second kappa shape index (κ2) is 13.3. The van der Waals surface area contributed by atoms with Gasteiger partial charge in [0.2, 0.25) is 28.6 Å². The van der Waals surface area contributed by atoms with Gasteiger partial charge in [0.15, 0.2) is 11.5 Å². The quantitative estimate of drug-likeness (QED) is 0.336. The van der Waals surface area contributed by atoms with Gasteiger partial charge in [-0.25, -0.2) is 18.0 Å². The van der Waals surface area contributed by atoms with Crippen molar-refractivity contribution >= 4 is 39.9 Å². The molecule has 2 saturated carbocycles. The number of nitrogens with zero attached hydrogens (tertiary/aromatic N) is 2. The van der Waals surface area contributed by atoms with Crippen molar-refractivity contribution < 1.29 is 51.3 Å². The predicted octanol–water partition coefficient (Wildman–Crippen LogP) is 2.67. The maximum absolute atomic E-state index is 14.4. The van der Waals surface area contributed by atoms with E-state index in [-0.39, 0.29) is 45.2 Å². The minimum Gasteiger partial charge on any atom is -0.454 e. The topological polar surface area (TPSA) is 199 Å². The van der Waals surface area contributed by atoms with Crippen molar-refractivity contribution in [1.82, 2.24) is 25.2 Å². The van der Waals surface area contributed by atoms with E-state index in [0.717, 1.165) is 11.1 Å². The van der Waals surface area contributed by atoms with Crippen molar-refractivity contribution in [3.05, 3.63) is 23.3 Å². The van der Waals surface area contributed by atoms with Crippen LogP contribution in [-0.4, -0.2) is 96.0 Å².